The monoisotopic (exact) mass is 251 g/mol. The fraction of sp³-hybridized carbons (Fsp3) is 0.533. The van der Waals surface area contributed by atoms with E-state index >= 15 is 0 Å². The summed E-state index contributed by atoms with van der Waals surface area (Å²) in [6.45, 7) is 4.26. The first-order valence-electron chi connectivity index (χ1n) is 6.73. The van der Waals surface area contributed by atoms with Crippen molar-refractivity contribution in [1.29, 1.82) is 0 Å². The van der Waals surface area contributed by atoms with Crippen LogP contribution in [0.2, 0.25) is 0 Å². The molecule has 18 heavy (non-hydrogen) atoms. The van der Waals surface area contributed by atoms with Crippen LogP contribution in [0.5, 0.6) is 0 Å². The third-order valence-corrected chi connectivity index (χ3v) is 2.98. The second-order valence-electron chi connectivity index (χ2n) is 4.61. The predicted molar refractivity (Wildman–Crippen MR) is 72.1 cm³/mol. The van der Waals surface area contributed by atoms with Gasteiger partial charge in [-0.15, -0.1) is 0 Å². The molecule has 0 aliphatic rings. The zero-order chi connectivity index (χ0) is 13.4. The molecule has 1 unspecified atom stereocenters. The van der Waals surface area contributed by atoms with E-state index in [1.54, 1.807) is 0 Å². The Morgan fingerprint density at radius 1 is 1.17 bits per heavy atom. The summed E-state index contributed by atoms with van der Waals surface area (Å²) in [7, 11) is 0. The van der Waals surface area contributed by atoms with E-state index in [0.717, 1.165) is 32.1 Å². The highest BCUT2D eigenvalue weighted by Crippen LogP contribution is 2.09. The third kappa shape index (κ3) is 4.86. The molecule has 1 rings (SSSR count). The van der Waals surface area contributed by atoms with Crippen molar-refractivity contribution in [3.8, 4) is 0 Å². The summed E-state index contributed by atoms with van der Waals surface area (Å²) in [4.78, 5) is 12.0. The molecule has 3 heteroatoms. The summed E-state index contributed by atoms with van der Waals surface area (Å²) < 4.78 is 12.8. The molecular formula is C15H22FNO. The lowest BCUT2D eigenvalue weighted by Crippen LogP contribution is -2.34. The first-order valence-corrected chi connectivity index (χ1v) is 6.73. The Labute approximate surface area is 109 Å². The van der Waals surface area contributed by atoms with Gasteiger partial charge in [-0.05, 0) is 37.1 Å². The molecule has 0 saturated carbocycles. The molecule has 0 heterocycles. The van der Waals surface area contributed by atoms with Crippen molar-refractivity contribution in [2.45, 2.75) is 52.0 Å². The van der Waals surface area contributed by atoms with E-state index in [2.05, 4.69) is 19.2 Å². The fourth-order valence-corrected chi connectivity index (χ4v) is 1.96. The number of hydrogen-bond acceptors (Lipinski definition) is 1. The van der Waals surface area contributed by atoms with Crippen molar-refractivity contribution >= 4 is 5.91 Å². The van der Waals surface area contributed by atoms with Gasteiger partial charge in [-0.3, -0.25) is 4.79 Å². The highest BCUT2D eigenvalue weighted by Gasteiger charge is 2.12. The molecule has 0 fully saturated rings. The second kappa shape index (κ2) is 7.85. The van der Waals surface area contributed by atoms with Gasteiger partial charge in [0.1, 0.15) is 5.82 Å². The van der Waals surface area contributed by atoms with Gasteiger partial charge in [-0.25, -0.2) is 4.39 Å². The normalized spacial score (nSPS) is 12.2. The number of nitrogens with one attached hydrogen (secondary N) is 1. The number of carbonyl (C=O) groups is 1. The number of unbranched alkanes of at least 4 members (excludes halogenated alkanes) is 1. The van der Waals surface area contributed by atoms with E-state index < -0.39 is 0 Å². The van der Waals surface area contributed by atoms with Crippen LogP contribution >= 0.6 is 0 Å². The van der Waals surface area contributed by atoms with Gasteiger partial charge in [0.15, 0.2) is 0 Å². The van der Waals surface area contributed by atoms with Crippen LogP contribution in [0.1, 0.15) is 56.3 Å². The number of rotatable bonds is 7. The van der Waals surface area contributed by atoms with Crippen molar-refractivity contribution in [2.75, 3.05) is 0 Å². The molecule has 0 saturated heterocycles. The van der Waals surface area contributed by atoms with Crippen molar-refractivity contribution in [3.63, 3.8) is 0 Å². The molecule has 2 nitrogen and oxygen atoms in total. The van der Waals surface area contributed by atoms with Crippen molar-refractivity contribution < 1.29 is 9.18 Å². The Morgan fingerprint density at radius 2 is 1.83 bits per heavy atom. The molecule has 0 spiro atoms. The summed E-state index contributed by atoms with van der Waals surface area (Å²) in [6.07, 6.45) is 5.31. The van der Waals surface area contributed by atoms with E-state index in [-0.39, 0.29) is 17.8 Å². The van der Waals surface area contributed by atoms with Crippen LogP contribution in [-0.2, 0) is 0 Å². The Kier molecular flexibility index (Phi) is 6.40. The van der Waals surface area contributed by atoms with E-state index in [0.29, 0.717) is 5.56 Å². The smallest absolute Gasteiger partial charge is 0.251 e. The molecule has 1 N–H and O–H groups in total. The van der Waals surface area contributed by atoms with Crippen LogP contribution in [0.3, 0.4) is 0 Å². The van der Waals surface area contributed by atoms with Gasteiger partial charge < -0.3 is 5.32 Å². The molecule has 0 bridgehead atoms. The van der Waals surface area contributed by atoms with Gasteiger partial charge >= 0.3 is 0 Å². The predicted octanol–water partition coefficient (Wildman–Crippen LogP) is 3.91. The van der Waals surface area contributed by atoms with E-state index in [9.17, 15) is 9.18 Å². The summed E-state index contributed by atoms with van der Waals surface area (Å²) in [5.74, 6) is -0.424. The van der Waals surface area contributed by atoms with Crippen LogP contribution < -0.4 is 5.32 Å². The number of carbonyl (C=O) groups excluding carboxylic acids is 1. The average Bonchev–Trinajstić information content (AvgIpc) is 2.37. The molecular weight excluding hydrogens is 229 g/mol. The Hall–Kier alpha value is -1.38. The maximum atomic E-state index is 12.8. The Bertz CT molecular complexity index is 361. The van der Waals surface area contributed by atoms with E-state index in [1.807, 2.05) is 0 Å². The largest absolute Gasteiger partial charge is 0.349 e. The van der Waals surface area contributed by atoms with E-state index in [4.69, 9.17) is 0 Å². The van der Waals surface area contributed by atoms with Gasteiger partial charge in [0.2, 0.25) is 0 Å². The van der Waals surface area contributed by atoms with Crippen molar-refractivity contribution in [3.05, 3.63) is 35.6 Å². The highest BCUT2D eigenvalue weighted by atomic mass is 19.1. The minimum Gasteiger partial charge on any atom is -0.349 e. The zero-order valence-electron chi connectivity index (χ0n) is 11.2. The molecule has 0 aliphatic carbocycles. The number of benzene rings is 1. The summed E-state index contributed by atoms with van der Waals surface area (Å²) in [5.41, 5.74) is 0.522. The van der Waals surface area contributed by atoms with Crippen LogP contribution in [0, 0.1) is 5.82 Å². The average molecular weight is 251 g/mol. The molecule has 0 radical (unpaired) electrons. The quantitative estimate of drug-likeness (QED) is 0.782. The number of hydrogen-bond donors (Lipinski definition) is 1. The lowest BCUT2D eigenvalue weighted by molar-refractivity contribution is 0.0932. The zero-order valence-corrected chi connectivity index (χ0v) is 11.2. The molecule has 1 amide bonds. The molecule has 0 aromatic heterocycles. The molecule has 100 valence electrons. The van der Waals surface area contributed by atoms with Gasteiger partial charge in [-0.2, -0.15) is 0 Å². The third-order valence-electron chi connectivity index (χ3n) is 2.98. The van der Waals surface area contributed by atoms with Crippen molar-refractivity contribution in [2.24, 2.45) is 0 Å². The summed E-state index contributed by atoms with van der Waals surface area (Å²) >= 11 is 0. The minimum atomic E-state index is -0.317. The van der Waals surface area contributed by atoms with Crippen LogP contribution in [0.15, 0.2) is 24.3 Å². The molecule has 1 atom stereocenters. The lowest BCUT2D eigenvalue weighted by Gasteiger charge is -2.17. The molecule has 1 aromatic rings. The van der Waals surface area contributed by atoms with Gasteiger partial charge in [0.05, 0.1) is 0 Å². The Morgan fingerprint density at radius 3 is 2.39 bits per heavy atom. The Balaban J connectivity index is 2.56. The van der Waals surface area contributed by atoms with E-state index in [1.165, 1.54) is 24.3 Å². The number of halogens is 1. The SMILES string of the molecule is CCCCC(CCC)NC(=O)c1ccc(F)cc1. The molecule has 0 aliphatic heterocycles. The van der Waals surface area contributed by atoms with Crippen molar-refractivity contribution in [1.82, 2.24) is 5.32 Å². The standard InChI is InChI=1S/C15H22FNO/c1-3-5-7-14(6-4-2)17-15(18)12-8-10-13(16)11-9-12/h8-11,14H,3-7H2,1-2H3,(H,17,18). The molecule has 1 aromatic carbocycles. The first kappa shape index (κ1) is 14.7. The van der Waals surface area contributed by atoms with Gasteiger partial charge in [0.25, 0.3) is 5.91 Å². The van der Waals surface area contributed by atoms with Crippen LogP contribution in [0.4, 0.5) is 4.39 Å². The second-order valence-corrected chi connectivity index (χ2v) is 4.61. The lowest BCUT2D eigenvalue weighted by atomic mass is 10.0. The van der Waals surface area contributed by atoms with Gasteiger partial charge in [-0.1, -0.05) is 33.1 Å². The maximum absolute atomic E-state index is 12.8. The topological polar surface area (TPSA) is 29.1 Å². The highest BCUT2D eigenvalue weighted by molar-refractivity contribution is 5.94. The first-order chi connectivity index (χ1) is 8.67. The van der Waals surface area contributed by atoms with Crippen LogP contribution in [-0.4, -0.2) is 11.9 Å². The number of amides is 1. The van der Waals surface area contributed by atoms with Crippen LogP contribution in [0.25, 0.3) is 0 Å². The fourth-order valence-electron chi connectivity index (χ4n) is 1.96. The summed E-state index contributed by atoms with van der Waals surface area (Å²) in [5, 5.41) is 3.03. The van der Waals surface area contributed by atoms with Gasteiger partial charge in [0, 0.05) is 11.6 Å². The maximum Gasteiger partial charge on any atom is 0.251 e. The minimum absolute atomic E-state index is 0.107. The summed E-state index contributed by atoms with van der Waals surface area (Å²) in [6, 6.07) is 5.90.